The van der Waals surface area contributed by atoms with E-state index >= 15 is 0 Å². The van der Waals surface area contributed by atoms with Crippen LogP contribution in [0.2, 0.25) is 0 Å². The van der Waals surface area contributed by atoms with Crippen molar-refractivity contribution in [1.82, 2.24) is 20.2 Å². The Morgan fingerprint density at radius 1 is 1.27 bits per heavy atom. The van der Waals surface area contributed by atoms with Gasteiger partial charge in [0.1, 0.15) is 0 Å². The maximum absolute atomic E-state index is 11.3. The number of rotatable bonds is 6. The number of fused-ring (bicyclic) bond motifs is 1. The molecule has 0 aliphatic carbocycles. The van der Waals surface area contributed by atoms with Gasteiger partial charge < -0.3 is 15.5 Å². The van der Waals surface area contributed by atoms with E-state index in [2.05, 4.69) is 37.5 Å². The molecule has 0 atom stereocenters. The van der Waals surface area contributed by atoms with E-state index in [1.165, 1.54) is 0 Å². The molecular formula is C23H24N6O. The number of carbonyl (C=O) groups excluding carboxylic acids is 1. The highest BCUT2D eigenvalue weighted by molar-refractivity contribution is 5.81. The summed E-state index contributed by atoms with van der Waals surface area (Å²) in [6.45, 7) is 4.81. The van der Waals surface area contributed by atoms with Gasteiger partial charge in [-0.25, -0.2) is 9.97 Å². The Labute approximate surface area is 176 Å². The molecule has 2 heterocycles. The molecule has 2 aromatic carbocycles. The second-order valence-corrected chi connectivity index (χ2v) is 7.37. The summed E-state index contributed by atoms with van der Waals surface area (Å²) >= 11 is 0. The lowest BCUT2D eigenvalue weighted by Crippen LogP contribution is -2.42. The average molecular weight is 400 g/mol. The summed E-state index contributed by atoms with van der Waals surface area (Å²) < 4.78 is 0. The lowest BCUT2D eigenvalue weighted by Gasteiger charge is -2.27. The standard InChI is InChI=1S/C23H24N6O/c1-3-17-4-5-22-19(10-17)14-25-23(27-22)26-20-11-18(12-21(13-20)28(2)16-30)15-29-8-6-24-7-9-29/h1,4-5,10-14,16,24H,6-9,15H2,2H3,(H,25,26,27). The highest BCUT2D eigenvalue weighted by Crippen LogP contribution is 2.25. The van der Waals surface area contributed by atoms with Gasteiger partial charge >= 0.3 is 0 Å². The van der Waals surface area contributed by atoms with Gasteiger partial charge in [-0.1, -0.05) is 5.92 Å². The molecule has 1 amide bonds. The van der Waals surface area contributed by atoms with E-state index in [1.807, 2.05) is 30.3 Å². The number of nitrogens with one attached hydrogen (secondary N) is 2. The summed E-state index contributed by atoms with van der Waals surface area (Å²) in [5.41, 5.74) is 4.40. The maximum Gasteiger partial charge on any atom is 0.227 e. The van der Waals surface area contributed by atoms with Crippen LogP contribution in [0.1, 0.15) is 11.1 Å². The van der Waals surface area contributed by atoms with Crippen molar-refractivity contribution in [1.29, 1.82) is 0 Å². The van der Waals surface area contributed by atoms with Gasteiger partial charge in [0.2, 0.25) is 12.4 Å². The van der Waals surface area contributed by atoms with Crippen LogP contribution < -0.4 is 15.5 Å². The molecule has 1 aliphatic heterocycles. The van der Waals surface area contributed by atoms with E-state index in [9.17, 15) is 4.79 Å². The molecule has 152 valence electrons. The van der Waals surface area contributed by atoms with Crippen LogP contribution in [-0.4, -0.2) is 54.5 Å². The normalized spacial score (nSPS) is 14.3. The van der Waals surface area contributed by atoms with Gasteiger partial charge in [0.25, 0.3) is 0 Å². The minimum Gasteiger partial charge on any atom is -0.324 e. The molecule has 1 fully saturated rings. The number of amides is 1. The monoisotopic (exact) mass is 400 g/mol. The maximum atomic E-state index is 11.3. The van der Waals surface area contributed by atoms with E-state index < -0.39 is 0 Å². The number of piperazine rings is 1. The molecule has 7 heteroatoms. The highest BCUT2D eigenvalue weighted by Gasteiger charge is 2.13. The van der Waals surface area contributed by atoms with Crippen LogP contribution in [-0.2, 0) is 11.3 Å². The zero-order valence-electron chi connectivity index (χ0n) is 16.9. The number of benzene rings is 2. The number of hydrogen-bond acceptors (Lipinski definition) is 6. The van der Waals surface area contributed by atoms with Crippen LogP contribution in [0.25, 0.3) is 10.9 Å². The molecule has 0 unspecified atom stereocenters. The summed E-state index contributed by atoms with van der Waals surface area (Å²) in [6, 6.07) is 11.7. The van der Waals surface area contributed by atoms with Crippen LogP contribution in [0, 0.1) is 12.3 Å². The fraction of sp³-hybridized carbons (Fsp3) is 0.261. The van der Waals surface area contributed by atoms with Crippen LogP contribution in [0.5, 0.6) is 0 Å². The van der Waals surface area contributed by atoms with Crippen LogP contribution in [0.4, 0.5) is 17.3 Å². The van der Waals surface area contributed by atoms with Crippen LogP contribution in [0.15, 0.2) is 42.6 Å². The van der Waals surface area contributed by atoms with Crippen molar-refractivity contribution in [3.63, 3.8) is 0 Å². The molecule has 1 saturated heterocycles. The number of hydrogen-bond donors (Lipinski definition) is 2. The first kappa shape index (κ1) is 19.8. The molecule has 2 N–H and O–H groups in total. The van der Waals surface area contributed by atoms with Crippen LogP contribution >= 0.6 is 0 Å². The fourth-order valence-corrected chi connectivity index (χ4v) is 3.54. The molecule has 0 bridgehead atoms. The highest BCUT2D eigenvalue weighted by atomic mass is 16.1. The summed E-state index contributed by atoms with van der Waals surface area (Å²) in [7, 11) is 1.75. The number of carbonyl (C=O) groups is 1. The van der Waals surface area contributed by atoms with Crippen molar-refractivity contribution >= 4 is 34.6 Å². The largest absolute Gasteiger partial charge is 0.324 e. The van der Waals surface area contributed by atoms with Crippen molar-refractivity contribution in [3.8, 4) is 12.3 Å². The third kappa shape index (κ3) is 4.57. The summed E-state index contributed by atoms with van der Waals surface area (Å²) in [5, 5.41) is 7.55. The quantitative estimate of drug-likeness (QED) is 0.489. The van der Waals surface area contributed by atoms with Gasteiger partial charge in [0, 0.05) is 68.3 Å². The van der Waals surface area contributed by atoms with Crippen molar-refractivity contribution in [2.45, 2.75) is 6.54 Å². The van der Waals surface area contributed by atoms with E-state index in [-0.39, 0.29) is 0 Å². The third-order valence-corrected chi connectivity index (χ3v) is 5.16. The fourth-order valence-electron chi connectivity index (χ4n) is 3.54. The van der Waals surface area contributed by atoms with E-state index in [0.717, 1.165) is 72.5 Å². The predicted octanol–water partition coefficient (Wildman–Crippen LogP) is 2.35. The minimum absolute atomic E-state index is 0.495. The SMILES string of the molecule is C#Cc1ccc2nc(Nc3cc(CN4CCNCC4)cc(N(C)C=O)c3)ncc2c1. The van der Waals surface area contributed by atoms with Gasteiger partial charge in [-0.2, -0.15) is 0 Å². The van der Waals surface area contributed by atoms with Gasteiger partial charge in [-0.3, -0.25) is 9.69 Å². The van der Waals surface area contributed by atoms with Gasteiger partial charge in [-0.15, -0.1) is 6.42 Å². The second-order valence-electron chi connectivity index (χ2n) is 7.37. The number of anilines is 3. The summed E-state index contributed by atoms with van der Waals surface area (Å²) in [6.07, 6.45) is 8.03. The van der Waals surface area contributed by atoms with E-state index in [4.69, 9.17) is 6.42 Å². The zero-order valence-corrected chi connectivity index (χ0v) is 16.9. The Balaban J connectivity index is 1.61. The molecule has 0 radical (unpaired) electrons. The Morgan fingerprint density at radius 2 is 2.10 bits per heavy atom. The molecule has 0 spiro atoms. The Bertz CT molecular complexity index is 1100. The van der Waals surface area contributed by atoms with Crippen molar-refractivity contribution < 1.29 is 4.79 Å². The Hall–Kier alpha value is -3.47. The van der Waals surface area contributed by atoms with E-state index in [0.29, 0.717) is 5.95 Å². The smallest absolute Gasteiger partial charge is 0.227 e. The molecule has 3 aromatic rings. The van der Waals surface area contributed by atoms with Crippen molar-refractivity contribution in [2.75, 3.05) is 43.4 Å². The molecule has 1 aromatic heterocycles. The summed E-state index contributed by atoms with van der Waals surface area (Å²) in [5.74, 6) is 3.12. The van der Waals surface area contributed by atoms with Gasteiger partial charge in [0.15, 0.2) is 0 Å². The molecule has 7 nitrogen and oxygen atoms in total. The summed E-state index contributed by atoms with van der Waals surface area (Å²) in [4.78, 5) is 24.3. The topological polar surface area (TPSA) is 73.4 Å². The molecule has 30 heavy (non-hydrogen) atoms. The van der Waals surface area contributed by atoms with E-state index in [1.54, 1.807) is 18.1 Å². The second kappa shape index (κ2) is 8.91. The molecule has 1 aliphatic rings. The van der Waals surface area contributed by atoms with Crippen LogP contribution in [0.3, 0.4) is 0 Å². The van der Waals surface area contributed by atoms with Gasteiger partial charge in [0.05, 0.1) is 5.52 Å². The molecule has 0 saturated carbocycles. The third-order valence-electron chi connectivity index (χ3n) is 5.16. The lowest BCUT2D eigenvalue weighted by molar-refractivity contribution is -0.107. The average Bonchev–Trinajstić information content (AvgIpc) is 2.78. The Kier molecular flexibility index (Phi) is 5.89. The number of terminal acetylenes is 1. The lowest BCUT2D eigenvalue weighted by atomic mass is 10.1. The predicted molar refractivity (Wildman–Crippen MR) is 120 cm³/mol. The first-order valence-electron chi connectivity index (χ1n) is 9.90. The first-order chi connectivity index (χ1) is 14.6. The van der Waals surface area contributed by atoms with Crippen molar-refractivity contribution in [2.24, 2.45) is 0 Å². The Morgan fingerprint density at radius 3 is 2.87 bits per heavy atom. The first-order valence-corrected chi connectivity index (χ1v) is 9.90. The molecular weight excluding hydrogens is 376 g/mol. The number of nitrogens with zero attached hydrogens (tertiary/aromatic N) is 4. The molecule has 4 rings (SSSR count). The van der Waals surface area contributed by atoms with Gasteiger partial charge in [-0.05, 0) is 42.0 Å². The zero-order chi connectivity index (χ0) is 20.9. The minimum atomic E-state index is 0.495. The number of aromatic nitrogens is 2. The van der Waals surface area contributed by atoms with Crippen molar-refractivity contribution in [3.05, 3.63) is 53.7 Å².